The minimum absolute atomic E-state index is 0.00160. The Bertz CT molecular complexity index is 1260. The molecule has 0 fully saturated rings. The fourth-order valence-electron chi connectivity index (χ4n) is 3.34. The third kappa shape index (κ3) is 5.79. The molecule has 0 aliphatic rings. The van der Waals surface area contributed by atoms with Gasteiger partial charge in [0.2, 0.25) is 5.82 Å². The zero-order valence-corrected chi connectivity index (χ0v) is 18.8. The van der Waals surface area contributed by atoms with E-state index in [4.69, 9.17) is 13.9 Å². The molecule has 35 heavy (non-hydrogen) atoms. The van der Waals surface area contributed by atoms with Crippen LogP contribution in [0.4, 0.5) is 11.5 Å². The molecule has 180 valence electrons. The Morgan fingerprint density at radius 3 is 2.71 bits per heavy atom. The molecule has 4 rings (SSSR count). The molecule has 12 nitrogen and oxygen atoms in total. The summed E-state index contributed by atoms with van der Waals surface area (Å²) in [5.74, 6) is 0.236. The average Bonchev–Trinajstić information content (AvgIpc) is 3.57. The summed E-state index contributed by atoms with van der Waals surface area (Å²) >= 11 is 0. The molecule has 0 aliphatic heterocycles. The molecule has 3 aromatic heterocycles. The topological polar surface area (TPSA) is 139 Å². The van der Waals surface area contributed by atoms with E-state index >= 15 is 0 Å². The van der Waals surface area contributed by atoms with Crippen LogP contribution in [0.2, 0.25) is 0 Å². The molecule has 1 aromatic carbocycles. The number of anilines is 1. The van der Waals surface area contributed by atoms with Crippen molar-refractivity contribution in [1.82, 2.24) is 19.5 Å². The smallest absolute Gasteiger partial charge is 0.373 e. The van der Waals surface area contributed by atoms with Crippen molar-refractivity contribution in [3.05, 3.63) is 83.6 Å². The van der Waals surface area contributed by atoms with E-state index in [0.29, 0.717) is 11.5 Å². The molecule has 0 amide bonds. The van der Waals surface area contributed by atoms with Gasteiger partial charge in [-0.3, -0.25) is 14.9 Å². The number of furan rings is 1. The van der Waals surface area contributed by atoms with Crippen LogP contribution in [0, 0.1) is 10.1 Å². The number of benzene rings is 1. The van der Waals surface area contributed by atoms with E-state index in [0.717, 1.165) is 5.69 Å². The van der Waals surface area contributed by atoms with Gasteiger partial charge >= 0.3 is 17.5 Å². The van der Waals surface area contributed by atoms with Gasteiger partial charge in [0.1, 0.15) is 17.8 Å². The summed E-state index contributed by atoms with van der Waals surface area (Å²) in [7, 11) is 0. The molecule has 3 heterocycles. The molecule has 4 aromatic rings. The Balaban J connectivity index is 1.63. The minimum Gasteiger partial charge on any atom is -0.467 e. The van der Waals surface area contributed by atoms with E-state index in [1.165, 1.54) is 12.6 Å². The van der Waals surface area contributed by atoms with Gasteiger partial charge in [-0.2, -0.15) is 4.98 Å². The highest BCUT2D eigenvalue weighted by molar-refractivity contribution is 5.71. The number of nitro groups is 1. The van der Waals surface area contributed by atoms with E-state index in [9.17, 15) is 14.9 Å². The Labute approximate surface area is 199 Å². The molecule has 0 unspecified atom stereocenters. The van der Waals surface area contributed by atoms with Gasteiger partial charge in [0, 0.05) is 24.6 Å². The van der Waals surface area contributed by atoms with Crippen molar-refractivity contribution < 1.29 is 23.6 Å². The van der Waals surface area contributed by atoms with Crippen LogP contribution in [0.15, 0.2) is 72.1 Å². The fourth-order valence-corrected chi connectivity index (χ4v) is 3.34. The van der Waals surface area contributed by atoms with Gasteiger partial charge in [-0.25, -0.2) is 9.97 Å². The second-order valence-corrected chi connectivity index (χ2v) is 7.23. The predicted octanol–water partition coefficient (Wildman–Crippen LogP) is 3.92. The third-order valence-corrected chi connectivity index (χ3v) is 4.92. The zero-order valence-electron chi connectivity index (χ0n) is 18.8. The van der Waals surface area contributed by atoms with Gasteiger partial charge in [0.05, 0.1) is 37.1 Å². The summed E-state index contributed by atoms with van der Waals surface area (Å²) in [6.07, 6.45) is 7.78. The molecule has 0 atom stereocenters. The highest BCUT2D eigenvalue weighted by Gasteiger charge is 2.29. The molecular formula is C23H22N6O6. The number of imidazole rings is 1. The Morgan fingerprint density at radius 1 is 1.23 bits per heavy atom. The maximum absolute atomic E-state index is 12.1. The number of aromatic nitrogens is 4. The molecule has 0 bridgehead atoms. The Morgan fingerprint density at radius 2 is 2.06 bits per heavy atom. The molecule has 0 spiro atoms. The van der Waals surface area contributed by atoms with Crippen molar-refractivity contribution in [1.29, 1.82) is 0 Å². The molecule has 0 radical (unpaired) electrons. The van der Waals surface area contributed by atoms with Gasteiger partial charge in [-0.05, 0) is 43.3 Å². The number of hydrogen-bond acceptors (Lipinski definition) is 10. The number of carbonyl (C=O) groups excluding carboxylic acids is 1. The van der Waals surface area contributed by atoms with Gasteiger partial charge < -0.3 is 23.4 Å². The first kappa shape index (κ1) is 23.4. The monoisotopic (exact) mass is 478 g/mol. The first-order chi connectivity index (χ1) is 17.0. The maximum Gasteiger partial charge on any atom is 0.373 e. The van der Waals surface area contributed by atoms with E-state index < -0.39 is 16.6 Å². The SMILES string of the molecule is CCOC(=O)CCN(Cc1ccco1)c1ncnc(Oc2ccc(-n3ccnc3)cc2)c1[N+](=O)[O-]. The van der Waals surface area contributed by atoms with Crippen LogP contribution in [0.25, 0.3) is 5.69 Å². The van der Waals surface area contributed by atoms with Crippen molar-refractivity contribution in [2.75, 3.05) is 18.1 Å². The first-order valence-electron chi connectivity index (χ1n) is 10.7. The summed E-state index contributed by atoms with van der Waals surface area (Å²) in [6, 6.07) is 10.3. The van der Waals surface area contributed by atoms with E-state index in [-0.39, 0.29) is 37.8 Å². The second kappa shape index (κ2) is 10.9. The summed E-state index contributed by atoms with van der Waals surface area (Å²) in [6.45, 7) is 2.20. The van der Waals surface area contributed by atoms with Gasteiger partial charge in [0.25, 0.3) is 0 Å². The number of nitrogens with zero attached hydrogens (tertiary/aromatic N) is 6. The summed E-state index contributed by atoms with van der Waals surface area (Å²) in [4.78, 5) is 37.1. The molecular weight excluding hydrogens is 456 g/mol. The fraction of sp³-hybridized carbons (Fsp3) is 0.217. The minimum atomic E-state index is -0.607. The summed E-state index contributed by atoms with van der Waals surface area (Å²) in [5, 5.41) is 12.1. The quantitative estimate of drug-likeness (QED) is 0.177. The lowest BCUT2D eigenvalue weighted by Gasteiger charge is -2.22. The number of rotatable bonds is 11. The number of ether oxygens (including phenoxy) is 2. The maximum atomic E-state index is 12.1. The van der Waals surface area contributed by atoms with Crippen LogP contribution in [-0.2, 0) is 16.1 Å². The zero-order chi connectivity index (χ0) is 24.6. The van der Waals surface area contributed by atoms with E-state index in [1.54, 1.807) is 66.9 Å². The van der Waals surface area contributed by atoms with Crippen molar-refractivity contribution in [2.45, 2.75) is 19.9 Å². The summed E-state index contributed by atoms with van der Waals surface area (Å²) < 4.78 is 18.0. The average molecular weight is 478 g/mol. The van der Waals surface area contributed by atoms with Crippen molar-refractivity contribution in [3.63, 3.8) is 0 Å². The highest BCUT2D eigenvalue weighted by Crippen LogP contribution is 2.37. The highest BCUT2D eigenvalue weighted by atomic mass is 16.6. The Kier molecular flexibility index (Phi) is 7.31. The van der Waals surface area contributed by atoms with E-state index in [2.05, 4.69) is 15.0 Å². The lowest BCUT2D eigenvalue weighted by molar-refractivity contribution is -0.385. The normalized spacial score (nSPS) is 10.7. The second-order valence-electron chi connectivity index (χ2n) is 7.23. The van der Waals surface area contributed by atoms with Gasteiger partial charge in [-0.1, -0.05) is 0 Å². The third-order valence-electron chi connectivity index (χ3n) is 4.92. The van der Waals surface area contributed by atoms with Crippen LogP contribution >= 0.6 is 0 Å². The summed E-state index contributed by atoms with van der Waals surface area (Å²) in [5.41, 5.74) is 0.415. The van der Waals surface area contributed by atoms with E-state index in [1.807, 2.05) is 4.57 Å². The van der Waals surface area contributed by atoms with Crippen LogP contribution in [-0.4, -0.2) is 43.6 Å². The first-order valence-corrected chi connectivity index (χ1v) is 10.7. The lowest BCUT2D eigenvalue weighted by Crippen LogP contribution is -2.28. The largest absolute Gasteiger partial charge is 0.467 e. The van der Waals surface area contributed by atoms with Gasteiger partial charge in [-0.15, -0.1) is 0 Å². The molecule has 0 saturated carbocycles. The molecule has 0 saturated heterocycles. The van der Waals surface area contributed by atoms with Crippen LogP contribution in [0.3, 0.4) is 0 Å². The molecule has 12 heteroatoms. The van der Waals surface area contributed by atoms with Crippen LogP contribution < -0.4 is 9.64 Å². The number of esters is 1. The van der Waals surface area contributed by atoms with Crippen molar-refractivity contribution in [3.8, 4) is 17.3 Å². The predicted molar refractivity (Wildman–Crippen MR) is 123 cm³/mol. The Hall–Kier alpha value is -4.74. The van der Waals surface area contributed by atoms with Crippen molar-refractivity contribution in [2.24, 2.45) is 0 Å². The van der Waals surface area contributed by atoms with Crippen LogP contribution in [0.5, 0.6) is 11.6 Å². The molecule has 0 N–H and O–H groups in total. The van der Waals surface area contributed by atoms with Gasteiger partial charge in [0.15, 0.2) is 0 Å². The number of carbonyl (C=O) groups is 1. The standard InChI is InChI=1S/C23H22N6O6/c1-2-33-20(30)9-11-27(14-19-4-3-13-34-19)22-21(29(31)32)23(26-15-25-22)35-18-7-5-17(6-8-18)28-12-10-24-16-28/h3-8,10,12-13,15-16H,2,9,11,14H2,1H3. The number of hydrogen-bond donors (Lipinski definition) is 0. The van der Waals surface area contributed by atoms with Crippen molar-refractivity contribution >= 4 is 17.5 Å². The molecule has 0 aliphatic carbocycles. The van der Waals surface area contributed by atoms with Crippen LogP contribution in [0.1, 0.15) is 19.1 Å². The lowest BCUT2D eigenvalue weighted by atomic mass is 10.3.